The third-order valence-corrected chi connectivity index (χ3v) is 3.33. The van der Waals surface area contributed by atoms with Gasteiger partial charge in [-0.15, -0.1) is 0 Å². The first kappa shape index (κ1) is 13.3. The molecule has 0 spiro atoms. The van der Waals surface area contributed by atoms with Crippen LogP contribution < -0.4 is 5.32 Å². The minimum atomic E-state index is 0.163. The maximum atomic E-state index is 12.0. The molecule has 94 valence electrons. The molecule has 1 fully saturated rings. The maximum Gasteiger partial charge on any atom is 0.319 e. The number of carbonyl (C=O) groups excluding carboxylic acids is 1. The van der Waals surface area contributed by atoms with Gasteiger partial charge in [0.2, 0.25) is 0 Å². The summed E-state index contributed by atoms with van der Waals surface area (Å²) in [5, 5.41) is 3.39. The molecule has 0 bridgehead atoms. The van der Waals surface area contributed by atoms with E-state index in [9.17, 15) is 4.79 Å². The number of hydrogen-bond acceptors (Lipinski definition) is 2. The van der Waals surface area contributed by atoms with E-state index in [4.69, 9.17) is 0 Å². The summed E-state index contributed by atoms with van der Waals surface area (Å²) in [5.41, 5.74) is 0. The van der Waals surface area contributed by atoms with Crippen LogP contribution in [0, 0.1) is 5.92 Å². The van der Waals surface area contributed by atoms with Gasteiger partial charge in [-0.1, -0.05) is 0 Å². The molecule has 1 heterocycles. The summed E-state index contributed by atoms with van der Waals surface area (Å²) in [4.78, 5) is 15.7. The first-order chi connectivity index (χ1) is 7.69. The van der Waals surface area contributed by atoms with Crippen molar-refractivity contribution in [3.8, 4) is 0 Å². The molecular weight excluding hydrogens is 202 g/mol. The highest BCUT2D eigenvalue weighted by Gasteiger charge is 2.21. The molecule has 0 aromatic rings. The van der Waals surface area contributed by atoms with E-state index in [0.717, 1.165) is 32.7 Å². The van der Waals surface area contributed by atoms with Crippen molar-refractivity contribution in [2.24, 2.45) is 5.92 Å². The van der Waals surface area contributed by atoms with E-state index in [1.165, 1.54) is 12.8 Å². The molecule has 1 unspecified atom stereocenters. The smallest absolute Gasteiger partial charge is 0.319 e. The standard InChI is InChI=1S/C12H25N3O/c1-4-14(3)12(16)15(5-2)10-11-7-6-8-13-9-11/h11,13H,4-10H2,1-3H3. The summed E-state index contributed by atoms with van der Waals surface area (Å²) >= 11 is 0. The molecule has 1 N–H and O–H groups in total. The van der Waals surface area contributed by atoms with Crippen molar-refractivity contribution in [3.05, 3.63) is 0 Å². The lowest BCUT2D eigenvalue weighted by atomic mass is 9.99. The predicted molar refractivity (Wildman–Crippen MR) is 66.5 cm³/mol. The summed E-state index contributed by atoms with van der Waals surface area (Å²) in [6.45, 7) is 8.72. The normalized spacial score (nSPS) is 20.6. The Morgan fingerprint density at radius 2 is 2.12 bits per heavy atom. The summed E-state index contributed by atoms with van der Waals surface area (Å²) in [6.07, 6.45) is 2.48. The number of hydrogen-bond donors (Lipinski definition) is 1. The average Bonchev–Trinajstić information content (AvgIpc) is 2.35. The Morgan fingerprint density at radius 1 is 1.38 bits per heavy atom. The largest absolute Gasteiger partial charge is 0.328 e. The Hall–Kier alpha value is -0.770. The zero-order valence-electron chi connectivity index (χ0n) is 10.8. The van der Waals surface area contributed by atoms with Gasteiger partial charge < -0.3 is 15.1 Å². The molecule has 0 aliphatic carbocycles. The van der Waals surface area contributed by atoms with E-state index in [1.54, 1.807) is 4.90 Å². The number of amides is 2. The van der Waals surface area contributed by atoms with Crippen LogP contribution in [-0.2, 0) is 0 Å². The second-order valence-corrected chi connectivity index (χ2v) is 4.55. The van der Waals surface area contributed by atoms with Gasteiger partial charge in [0.05, 0.1) is 0 Å². The highest BCUT2D eigenvalue weighted by atomic mass is 16.2. The molecule has 2 amide bonds. The Labute approximate surface area is 99.0 Å². The van der Waals surface area contributed by atoms with Gasteiger partial charge in [-0.3, -0.25) is 0 Å². The van der Waals surface area contributed by atoms with E-state index in [0.29, 0.717) is 5.92 Å². The number of urea groups is 1. The molecule has 1 rings (SSSR count). The van der Waals surface area contributed by atoms with E-state index in [-0.39, 0.29) is 6.03 Å². The fraction of sp³-hybridized carbons (Fsp3) is 0.917. The van der Waals surface area contributed by atoms with Crippen LogP contribution in [0.25, 0.3) is 0 Å². The highest BCUT2D eigenvalue weighted by Crippen LogP contribution is 2.12. The molecule has 16 heavy (non-hydrogen) atoms. The van der Waals surface area contributed by atoms with Crippen LogP contribution in [-0.4, -0.2) is 55.6 Å². The van der Waals surface area contributed by atoms with Crippen molar-refractivity contribution in [2.75, 3.05) is 39.8 Å². The SMILES string of the molecule is CCN(C)C(=O)N(CC)CC1CCCNC1. The quantitative estimate of drug-likeness (QED) is 0.787. The minimum absolute atomic E-state index is 0.163. The van der Waals surface area contributed by atoms with Crippen LogP contribution >= 0.6 is 0 Å². The fourth-order valence-corrected chi connectivity index (χ4v) is 2.11. The molecule has 1 atom stereocenters. The summed E-state index contributed by atoms with van der Waals surface area (Å²) in [5.74, 6) is 0.628. The van der Waals surface area contributed by atoms with Gasteiger partial charge in [0, 0.05) is 26.7 Å². The number of rotatable bonds is 4. The zero-order valence-corrected chi connectivity index (χ0v) is 10.8. The number of nitrogens with zero attached hydrogens (tertiary/aromatic N) is 2. The van der Waals surface area contributed by atoms with Crippen molar-refractivity contribution in [2.45, 2.75) is 26.7 Å². The Kier molecular flexibility index (Phi) is 5.60. The molecule has 0 aromatic heterocycles. The first-order valence-corrected chi connectivity index (χ1v) is 6.39. The van der Waals surface area contributed by atoms with Gasteiger partial charge in [-0.25, -0.2) is 4.79 Å². The van der Waals surface area contributed by atoms with E-state index in [1.807, 2.05) is 18.9 Å². The molecule has 0 saturated carbocycles. The lowest BCUT2D eigenvalue weighted by Gasteiger charge is -2.31. The van der Waals surface area contributed by atoms with Crippen molar-refractivity contribution >= 4 is 6.03 Å². The topological polar surface area (TPSA) is 35.6 Å². The van der Waals surface area contributed by atoms with Crippen molar-refractivity contribution in [3.63, 3.8) is 0 Å². The molecule has 1 aliphatic heterocycles. The van der Waals surface area contributed by atoms with Gasteiger partial charge >= 0.3 is 6.03 Å². The van der Waals surface area contributed by atoms with Crippen molar-refractivity contribution < 1.29 is 4.79 Å². The predicted octanol–water partition coefficient (Wildman–Crippen LogP) is 1.38. The lowest BCUT2D eigenvalue weighted by Crippen LogP contribution is -2.45. The van der Waals surface area contributed by atoms with Crippen LogP contribution in [0.4, 0.5) is 4.79 Å². The number of piperidine rings is 1. The van der Waals surface area contributed by atoms with Crippen molar-refractivity contribution in [1.29, 1.82) is 0 Å². The molecule has 0 radical (unpaired) electrons. The third kappa shape index (κ3) is 3.67. The Balaban J connectivity index is 2.43. The summed E-state index contributed by atoms with van der Waals surface area (Å²) < 4.78 is 0. The third-order valence-electron chi connectivity index (χ3n) is 3.33. The Morgan fingerprint density at radius 3 is 2.62 bits per heavy atom. The van der Waals surface area contributed by atoms with E-state index < -0.39 is 0 Å². The average molecular weight is 227 g/mol. The fourth-order valence-electron chi connectivity index (χ4n) is 2.11. The molecule has 4 nitrogen and oxygen atoms in total. The van der Waals surface area contributed by atoms with Gasteiger partial charge in [-0.05, 0) is 45.7 Å². The second kappa shape index (κ2) is 6.74. The first-order valence-electron chi connectivity index (χ1n) is 6.39. The van der Waals surface area contributed by atoms with Gasteiger partial charge in [-0.2, -0.15) is 0 Å². The lowest BCUT2D eigenvalue weighted by molar-refractivity contribution is 0.154. The Bertz CT molecular complexity index is 214. The molecule has 4 heteroatoms. The highest BCUT2D eigenvalue weighted by molar-refractivity contribution is 5.74. The van der Waals surface area contributed by atoms with Crippen molar-refractivity contribution in [1.82, 2.24) is 15.1 Å². The van der Waals surface area contributed by atoms with E-state index in [2.05, 4.69) is 12.2 Å². The summed E-state index contributed by atoms with van der Waals surface area (Å²) in [7, 11) is 1.87. The maximum absolute atomic E-state index is 12.0. The molecule has 0 aromatic carbocycles. The van der Waals surface area contributed by atoms with E-state index >= 15 is 0 Å². The molecular formula is C12H25N3O. The van der Waals surface area contributed by atoms with Gasteiger partial charge in [0.1, 0.15) is 0 Å². The van der Waals surface area contributed by atoms with Crippen LogP contribution in [0.15, 0.2) is 0 Å². The zero-order chi connectivity index (χ0) is 12.0. The number of nitrogens with one attached hydrogen (secondary N) is 1. The van der Waals surface area contributed by atoms with Crippen LogP contribution in [0.5, 0.6) is 0 Å². The molecule has 1 aliphatic rings. The van der Waals surface area contributed by atoms with Gasteiger partial charge in [0.25, 0.3) is 0 Å². The minimum Gasteiger partial charge on any atom is -0.328 e. The second-order valence-electron chi connectivity index (χ2n) is 4.55. The summed E-state index contributed by atoms with van der Waals surface area (Å²) in [6, 6.07) is 0.163. The van der Waals surface area contributed by atoms with Crippen LogP contribution in [0.2, 0.25) is 0 Å². The van der Waals surface area contributed by atoms with Gasteiger partial charge in [0.15, 0.2) is 0 Å². The van der Waals surface area contributed by atoms with Crippen LogP contribution in [0.1, 0.15) is 26.7 Å². The monoisotopic (exact) mass is 227 g/mol. The number of carbonyl (C=O) groups is 1. The van der Waals surface area contributed by atoms with Crippen LogP contribution in [0.3, 0.4) is 0 Å². The molecule has 1 saturated heterocycles.